The maximum absolute atomic E-state index is 14.7. The van der Waals surface area contributed by atoms with E-state index in [0.29, 0.717) is 16.6 Å². The second-order valence-electron chi connectivity index (χ2n) is 10.1. The Morgan fingerprint density at radius 2 is 1.54 bits per heavy atom. The second kappa shape index (κ2) is 12.2. The Balaban J connectivity index is 0.00000353. The molecule has 3 aliphatic heterocycles. The van der Waals surface area contributed by atoms with Crippen LogP contribution in [-0.2, 0) is 16.1 Å². The predicted molar refractivity (Wildman–Crippen MR) is 137 cm³/mol. The van der Waals surface area contributed by atoms with E-state index in [0.717, 1.165) is 25.9 Å². The molecule has 3 saturated heterocycles. The number of quaternary nitrogens is 1. The van der Waals surface area contributed by atoms with E-state index in [4.69, 9.17) is 4.74 Å². The molecule has 3 aromatic rings. The van der Waals surface area contributed by atoms with Gasteiger partial charge in [-0.25, -0.2) is 18.0 Å². The third-order valence-corrected chi connectivity index (χ3v) is 7.54. The highest BCUT2D eigenvalue weighted by Crippen LogP contribution is 2.36. The summed E-state index contributed by atoms with van der Waals surface area (Å²) in [7, 11) is 0. The summed E-state index contributed by atoms with van der Waals surface area (Å²) in [6, 6.07) is 17.6. The molecule has 3 fully saturated rings. The van der Waals surface area contributed by atoms with E-state index in [1.807, 2.05) is 0 Å². The summed E-state index contributed by atoms with van der Waals surface area (Å²) in [5, 5.41) is 2.65. The van der Waals surface area contributed by atoms with Crippen molar-refractivity contribution in [1.29, 1.82) is 0 Å². The molecule has 6 nitrogen and oxygen atoms in total. The van der Waals surface area contributed by atoms with Gasteiger partial charge in [-0.15, -0.1) is 0 Å². The molecule has 39 heavy (non-hydrogen) atoms. The fourth-order valence-corrected chi connectivity index (χ4v) is 5.52. The van der Waals surface area contributed by atoms with Crippen molar-refractivity contribution in [3.8, 4) is 0 Å². The average molecular weight is 604 g/mol. The van der Waals surface area contributed by atoms with Gasteiger partial charge in [-0.2, -0.15) is 0 Å². The molecule has 10 heteroatoms. The number of nitrogens with one attached hydrogen (secondary N) is 1. The Hall–Kier alpha value is -3.37. The van der Waals surface area contributed by atoms with Crippen molar-refractivity contribution in [2.24, 2.45) is 5.92 Å². The van der Waals surface area contributed by atoms with Crippen LogP contribution in [0.2, 0.25) is 0 Å². The SMILES string of the molecule is O=C(C[N+]12CCC(CC1)[C@@H](OC(=O)N(Cc1ccc(F)cc1)c1ccccc1F)C2)Nc1ccccc1F.[Br-]. The number of amides is 2. The van der Waals surface area contributed by atoms with Crippen LogP contribution in [0.3, 0.4) is 0 Å². The lowest BCUT2D eigenvalue weighted by molar-refractivity contribution is -0.938. The molecule has 3 aromatic carbocycles. The predicted octanol–water partition coefficient (Wildman–Crippen LogP) is 2.50. The third kappa shape index (κ3) is 6.62. The van der Waals surface area contributed by atoms with Gasteiger partial charge in [0, 0.05) is 18.8 Å². The van der Waals surface area contributed by atoms with E-state index in [1.165, 1.54) is 47.4 Å². The second-order valence-corrected chi connectivity index (χ2v) is 10.1. The first-order valence-electron chi connectivity index (χ1n) is 12.7. The van der Waals surface area contributed by atoms with Crippen molar-refractivity contribution >= 4 is 23.4 Å². The van der Waals surface area contributed by atoms with Crippen LogP contribution in [-0.4, -0.2) is 48.8 Å². The molecule has 0 aliphatic carbocycles. The average Bonchev–Trinajstić information content (AvgIpc) is 2.90. The number of halogens is 4. The van der Waals surface area contributed by atoms with Crippen molar-refractivity contribution in [3.63, 3.8) is 0 Å². The number of fused-ring (bicyclic) bond motifs is 3. The largest absolute Gasteiger partial charge is 1.00 e. The number of hydrogen-bond acceptors (Lipinski definition) is 3. The molecule has 1 N–H and O–H groups in total. The van der Waals surface area contributed by atoms with Gasteiger partial charge in [0.15, 0.2) is 12.6 Å². The molecule has 0 radical (unpaired) electrons. The Bertz CT molecular complexity index is 1320. The molecule has 1 atom stereocenters. The van der Waals surface area contributed by atoms with Crippen LogP contribution < -0.4 is 27.2 Å². The van der Waals surface area contributed by atoms with Crippen molar-refractivity contribution in [3.05, 3.63) is 95.8 Å². The van der Waals surface area contributed by atoms with Gasteiger partial charge >= 0.3 is 6.09 Å². The number of hydrogen-bond donors (Lipinski definition) is 1. The number of piperidine rings is 3. The minimum atomic E-state index is -0.702. The highest BCUT2D eigenvalue weighted by atomic mass is 79.9. The Morgan fingerprint density at radius 3 is 2.21 bits per heavy atom. The first kappa shape index (κ1) is 28.6. The minimum absolute atomic E-state index is 0. The molecule has 3 heterocycles. The fraction of sp³-hybridized carbons (Fsp3) is 0.310. The normalized spacial score (nSPS) is 21.5. The van der Waals surface area contributed by atoms with Crippen molar-refractivity contribution < 1.29 is 49.0 Å². The zero-order chi connectivity index (χ0) is 26.7. The lowest BCUT2D eigenvalue weighted by Crippen LogP contribution is -3.00. The smallest absolute Gasteiger partial charge is 0.415 e. The molecule has 0 saturated carbocycles. The molecule has 3 aliphatic rings. The highest BCUT2D eigenvalue weighted by molar-refractivity contribution is 5.91. The molecule has 0 spiro atoms. The van der Waals surface area contributed by atoms with Gasteiger partial charge in [0.25, 0.3) is 5.91 Å². The van der Waals surface area contributed by atoms with Gasteiger partial charge in [0.2, 0.25) is 0 Å². The van der Waals surface area contributed by atoms with Crippen LogP contribution >= 0.6 is 0 Å². The monoisotopic (exact) mass is 603 g/mol. The van der Waals surface area contributed by atoms with E-state index >= 15 is 0 Å². The number of para-hydroxylation sites is 2. The summed E-state index contributed by atoms with van der Waals surface area (Å²) < 4.78 is 48.6. The molecule has 2 amide bonds. The van der Waals surface area contributed by atoms with Crippen LogP contribution in [0.15, 0.2) is 72.8 Å². The lowest BCUT2D eigenvalue weighted by atomic mass is 9.83. The van der Waals surface area contributed by atoms with Crippen LogP contribution in [0.25, 0.3) is 0 Å². The van der Waals surface area contributed by atoms with E-state index in [-0.39, 0.29) is 53.3 Å². The molecule has 2 bridgehead atoms. The van der Waals surface area contributed by atoms with Gasteiger partial charge < -0.3 is 31.5 Å². The summed E-state index contributed by atoms with van der Waals surface area (Å²) in [6.45, 7) is 2.11. The fourth-order valence-electron chi connectivity index (χ4n) is 5.52. The number of benzene rings is 3. The maximum atomic E-state index is 14.7. The number of carbonyl (C=O) groups excluding carboxylic acids is 2. The number of ether oxygens (including phenoxy) is 1. The number of rotatable bonds is 7. The Kier molecular flexibility index (Phi) is 8.97. The Morgan fingerprint density at radius 1 is 0.897 bits per heavy atom. The standard InChI is InChI=1S/C29H28F3N3O3.BrH/c30-22-11-9-20(10-12-22)17-34(26-8-4-2-6-24(26)32)29(37)38-27-18-35(15-13-21(27)14-16-35)19-28(36)33-25-7-3-1-5-23(25)31;/h1-12,21,27H,13-19H2;1H/t21?,27-,35?;/m0./s1. The maximum Gasteiger partial charge on any atom is 0.415 e. The van der Waals surface area contributed by atoms with E-state index < -0.39 is 29.6 Å². The van der Waals surface area contributed by atoms with E-state index in [1.54, 1.807) is 30.3 Å². The summed E-state index contributed by atoms with van der Waals surface area (Å²) in [5.74, 6) is -1.64. The van der Waals surface area contributed by atoms with Gasteiger partial charge in [-0.05, 0) is 42.0 Å². The summed E-state index contributed by atoms with van der Waals surface area (Å²) in [6.07, 6.45) is 0.409. The molecule has 0 aromatic heterocycles. The topological polar surface area (TPSA) is 58.6 Å². The molecule has 6 rings (SSSR count). The first-order valence-corrected chi connectivity index (χ1v) is 12.7. The number of nitrogens with zero attached hydrogens (tertiary/aromatic N) is 2. The van der Waals surface area contributed by atoms with Gasteiger partial charge in [-0.1, -0.05) is 36.4 Å². The molecule has 206 valence electrons. The van der Waals surface area contributed by atoms with Gasteiger partial charge in [0.1, 0.15) is 24.0 Å². The van der Waals surface area contributed by atoms with Crippen LogP contribution in [0, 0.1) is 23.4 Å². The first-order chi connectivity index (χ1) is 18.3. The summed E-state index contributed by atoms with van der Waals surface area (Å²) in [4.78, 5) is 27.5. The minimum Gasteiger partial charge on any atom is -1.00 e. The van der Waals surface area contributed by atoms with E-state index in [9.17, 15) is 22.8 Å². The van der Waals surface area contributed by atoms with Crippen LogP contribution in [0.4, 0.5) is 29.3 Å². The highest BCUT2D eigenvalue weighted by Gasteiger charge is 2.49. The van der Waals surface area contributed by atoms with Crippen molar-refractivity contribution in [2.75, 3.05) is 36.4 Å². The van der Waals surface area contributed by atoms with Gasteiger partial charge in [-0.3, -0.25) is 9.69 Å². The van der Waals surface area contributed by atoms with Gasteiger partial charge in [0.05, 0.1) is 31.0 Å². The summed E-state index contributed by atoms with van der Waals surface area (Å²) in [5.41, 5.74) is 0.817. The van der Waals surface area contributed by atoms with Crippen molar-refractivity contribution in [2.45, 2.75) is 25.5 Å². The third-order valence-electron chi connectivity index (χ3n) is 7.54. The zero-order valence-corrected chi connectivity index (χ0v) is 22.7. The number of anilines is 2. The number of carbonyl (C=O) groups is 2. The molecule has 0 unspecified atom stereocenters. The van der Waals surface area contributed by atoms with Crippen LogP contribution in [0.1, 0.15) is 18.4 Å². The lowest BCUT2D eigenvalue weighted by Gasteiger charge is -2.51. The van der Waals surface area contributed by atoms with E-state index in [2.05, 4.69) is 5.32 Å². The van der Waals surface area contributed by atoms with Crippen LogP contribution in [0.5, 0.6) is 0 Å². The quantitative estimate of drug-likeness (QED) is 0.422. The molecular formula is C29H29BrF3N3O3. The zero-order valence-electron chi connectivity index (χ0n) is 21.2. The molecular weight excluding hydrogens is 575 g/mol. The summed E-state index contributed by atoms with van der Waals surface area (Å²) >= 11 is 0. The van der Waals surface area contributed by atoms with Crippen molar-refractivity contribution in [1.82, 2.24) is 0 Å². The Labute approximate surface area is 235 Å².